The van der Waals surface area contributed by atoms with Gasteiger partial charge in [0.05, 0.1) is 23.7 Å². The van der Waals surface area contributed by atoms with E-state index < -0.39 is 5.97 Å². The molecular weight excluding hydrogens is 290 g/mol. The van der Waals surface area contributed by atoms with E-state index in [1.54, 1.807) is 13.0 Å². The fourth-order valence-corrected chi connectivity index (χ4v) is 2.39. The van der Waals surface area contributed by atoms with Crippen LogP contribution in [-0.2, 0) is 4.74 Å². The van der Waals surface area contributed by atoms with Gasteiger partial charge >= 0.3 is 5.97 Å². The summed E-state index contributed by atoms with van der Waals surface area (Å²) in [6, 6.07) is 16.7. The van der Waals surface area contributed by atoms with Crippen LogP contribution in [0.1, 0.15) is 17.3 Å². The SMILES string of the molecule is CCOC(=O)c1c2cccccc-2nc1Nc1ccccc1N. The topological polar surface area (TPSA) is 77.2 Å². The first kappa shape index (κ1) is 14.8. The molecule has 0 saturated heterocycles. The molecule has 5 nitrogen and oxygen atoms in total. The summed E-state index contributed by atoms with van der Waals surface area (Å²) in [5.41, 5.74) is 9.12. The molecule has 1 aromatic rings. The summed E-state index contributed by atoms with van der Waals surface area (Å²) in [6.45, 7) is 2.08. The van der Waals surface area contributed by atoms with E-state index in [2.05, 4.69) is 10.3 Å². The highest BCUT2D eigenvalue weighted by molar-refractivity contribution is 6.04. The molecule has 2 aliphatic rings. The van der Waals surface area contributed by atoms with Crippen LogP contribution in [-0.4, -0.2) is 17.6 Å². The highest BCUT2D eigenvalue weighted by atomic mass is 16.5. The minimum absolute atomic E-state index is 0.303. The number of carbonyl (C=O) groups is 1. The lowest BCUT2D eigenvalue weighted by Gasteiger charge is -2.09. The number of nitrogen functional groups attached to an aromatic ring is 1. The van der Waals surface area contributed by atoms with Crippen molar-refractivity contribution in [2.75, 3.05) is 17.7 Å². The van der Waals surface area contributed by atoms with E-state index in [-0.39, 0.29) is 0 Å². The van der Waals surface area contributed by atoms with Gasteiger partial charge in [0.15, 0.2) is 0 Å². The Bertz CT molecular complexity index is 817. The maximum absolute atomic E-state index is 12.4. The summed E-state index contributed by atoms with van der Waals surface area (Å²) < 4.78 is 5.18. The molecule has 1 heterocycles. The molecule has 116 valence electrons. The number of aromatic nitrogens is 1. The highest BCUT2D eigenvalue weighted by Crippen LogP contribution is 2.34. The quantitative estimate of drug-likeness (QED) is 0.568. The van der Waals surface area contributed by atoms with Gasteiger partial charge in [-0.25, -0.2) is 9.78 Å². The Morgan fingerprint density at radius 2 is 1.87 bits per heavy atom. The van der Waals surface area contributed by atoms with Crippen molar-refractivity contribution in [3.63, 3.8) is 0 Å². The van der Waals surface area contributed by atoms with Gasteiger partial charge in [0, 0.05) is 5.56 Å². The van der Waals surface area contributed by atoms with E-state index in [1.165, 1.54) is 0 Å². The molecular formula is C18H17N3O2. The van der Waals surface area contributed by atoms with Crippen molar-refractivity contribution >= 4 is 23.2 Å². The number of fused-ring (bicyclic) bond motifs is 1. The molecule has 1 aromatic carbocycles. The first-order valence-corrected chi connectivity index (χ1v) is 7.38. The Morgan fingerprint density at radius 1 is 1.13 bits per heavy atom. The maximum Gasteiger partial charge on any atom is 0.342 e. The number of rotatable bonds is 4. The van der Waals surface area contributed by atoms with Gasteiger partial charge in [-0.05, 0) is 25.1 Å². The molecule has 3 N–H and O–H groups in total. The lowest BCUT2D eigenvalue weighted by Crippen LogP contribution is -2.07. The van der Waals surface area contributed by atoms with Crippen molar-refractivity contribution in [1.29, 1.82) is 0 Å². The summed E-state index contributed by atoms with van der Waals surface area (Å²) in [7, 11) is 0. The van der Waals surface area contributed by atoms with Gasteiger partial charge in [0.25, 0.3) is 0 Å². The van der Waals surface area contributed by atoms with E-state index in [9.17, 15) is 4.79 Å². The largest absolute Gasteiger partial charge is 0.462 e. The Morgan fingerprint density at radius 3 is 2.65 bits per heavy atom. The molecule has 3 rings (SSSR count). The molecule has 0 bridgehead atoms. The molecule has 0 atom stereocenters. The molecule has 0 aromatic heterocycles. The molecule has 0 fully saturated rings. The van der Waals surface area contributed by atoms with Gasteiger partial charge in [0.1, 0.15) is 11.4 Å². The first-order valence-electron chi connectivity index (χ1n) is 7.38. The zero-order valence-electron chi connectivity index (χ0n) is 12.7. The van der Waals surface area contributed by atoms with Gasteiger partial charge in [-0.3, -0.25) is 0 Å². The summed E-state index contributed by atoms with van der Waals surface area (Å²) in [6.07, 6.45) is 0. The number of nitrogens with zero attached hydrogens (tertiary/aromatic N) is 1. The Kier molecular flexibility index (Phi) is 4.10. The van der Waals surface area contributed by atoms with Gasteiger partial charge in [0.2, 0.25) is 0 Å². The number of hydrogen-bond acceptors (Lipinski definition) is 5. The van der Waals surface area contributed by atoms with Crippen LogP contribution in [0.15, 0.2) is 54.6 Å². The Hall–Kier alpha value is -3.08. The molecule has 0 saturated carbocycles. The first-order chi connectivity index (χ1) is 11.2. The van der Waals surface area contributed by atoms with Crippen molar-refractivity contribution < 1.29 is 9.53 Å². The fourth-order valence-electron chi connectivity index (χ4n) is 2.39. The van der Waals surface area contributed by atoms with Crippen LogP contribution >= 0.6 is 0 Å². The number of hydrogen-bond donors (Lipinski definition) is 2. The number of carbonyl (C=O) groups excluding carboxylic acids is 1. The predicted molar refractivity (Wildman–Crippen MR) is 91.0 cm³/mol. The molecule has 23 heavy (non-hydrogen) atoms. The van der Waals surface area contributed by atoms with Crippen molar-refractivity contribution in [1.82, 2.24) is 4.98 Å². The van der Waals surface area contributed by atoms with Crippen LogP contribution in [0.4, 0.5) is 17.2 Å². The van der Waals surface area contributed by atoms with E-state index in [1.807, 2.05) is 48.5 Å². The third kappa shape index (κ3) is 2.94. The lowest BCUT2D eigenvalue weighted by atomic mass is 10.1. The van der Waals surface area contributed by atoms with Gasteiger partial charge in [-0.1, -0.05) is 36.4 Å². The van der Waals surface area contributed by atoms with Crippen LogP contribution in [0.3, 0.4) is 0 Å². The van der Waals surface area contributed by atoms with Crippen LogP contribution in [0.25, 0.3) is 11.3 Å². The zero-order chi connectivity index (χ0) is 16.2. The number of ether oxygens (including phenoxy) is 1. The highest BCUT2D eigenvalue weighted by Gasteiger charge is 2.24. The van der Waals surface area contributed by atoms with E-state index in [4.69, 9.17) is 10.5 Å². The van der Waals surface area contributed by atoms with Crippen molar-refractivity contribution in [2.45, 2.75) is 6.92 Å². The minimum atomic E-state index is -0.404. The average Bonchev–Trinajstić information content (AvgIpc) is 2.71. The number of para-hydroxylation sites is 2. The van der Waals surface area contributed by atoms with Crippen LogP contribution in [0.2, 0.25) is 0 Å². The second-order valence-corrected chi connectivity index (χ2v) is 4.98. The molecule has 1 aliphatic carbocycles. The predicted octanol–water partition coefficient (Wildman–Crippen LogP) is 3.69. The minimum Gasteiger partial charge on any atom is -0.462 e. The van der Waals surface area contributed by atoms with Crippen molar-refractivity contribution in [3.8, 4) is 11.3 Å². The molecule has 0 radical (unpaired) electrons. The molecule has 5 heteroatoms. The third-order valence-corrected chi connectivity index (χ3v) is 3.45. The summed E-state index contributed by atoms with van der Waals surface area (Å²) in [5, 5.41) is 3.14. The average molecular weight is 307 g/mol. The van der Waals surface area contributed by atoms with E-state index >= 15 is 0 Å². The van der Waals surface area contributed by atoms with Crippen LogP contribution in [0.5, 0.6) is 0 Å². The van der Waals surface area contributed by atoms with Crippen LogP contribution in [0, 0.1) is 0 Å². The van der Waals surface area contributed by atoms with Crippen molar-refractivity contribution in [3.05, 3.63) is 60.2 Å². The second-order valence-electron chi connectivity index (χ2n) is 4.98. The van der Waals surface area contributed by atoms with Gasteiger partial charge in [-0.15, -0.1) is 0 Å². The molecule has 0 unspecified atom stereocenters. The van der Waals surface area contributed by atoms with Gasteiger partial charge < -0.3 is 15.8 Å². The maximum atomic E-state index is 12.4. The smallest absolute Gasteiger partial charge is 0.342 e. The third-order valence-electron chi connectivity index (χ3n) is 3.45. The molecule has 1 aliphatic heterocycles. The second kappa shape index (κ2) is 6.36. The van der Waals surface area contributed by atoms with Gasteiger partial charge in [-0.2, -0.15) is 0 Å². The standard InChI is InChI=1S/C18H17N3O2/c1-2-23-18(22)16-12-8-4-3-5-10-14(12)20-17(16)21-15-11-7-6-9-13(15)19/h3-11H,2,19H2,1H3,(H,20,21). The number of nitrogens with one attached hydrogen (secondary N) is 1. The number of nitrogens with two attached hydrogens (primary N) is 1. The Labute approximate surface area is 134 Å². The monoisotopic (exact) mass is 307 g/mol. The molecule has 0 spiro atoms. The van der Waals surface area contributed by atoms with E-state index in [0.29, 0.717) is 29.4 Å². The number of benzene rings is 1. The summed E-state index contributed by atoms with van der Waals surface area (Å²) in [4.78, 5) is 16.9. The van der Waals surface area contributed by atoms with Crippen LogP contribution < -0.4 is 11.1 Å². The molecule has 0 amide bonds. The number of esters is 1. The fraction of sp³-hybridized carbons (Fsp3) is 0.111. The summed E-state index contributed by atoms with van der Waals surface area (Å²) in [5.74, 6) is 0.0424. The normalized spacial score (nSPS) is 10.5. The number of anilines is 3. The summed E-state index contributed by atoms with van der Waals surface area (Å²) >= 11 is 0. The lowest BCUT2D eigenvalue weighted by molar-refractivity contribution is 0.0528. The van der Waals surface area contributed by atoms with Crippen molar-refractivity contribution in [2.24, 2.45) is 0 Å². The zero-order valence-corrected chi connectivity index (χ0v) is 12.7. The van der Waals surface area contributed by atoms with E-state index in [0.717, 1.165) is 11.3 Å². The Balaban J connectivity index is 2.12.